The van der Waals surface area contributed by atoms with E-state index >= 15 is 0 Å². The van der Waals surface area contributed by atoms with E-state index in [1.54, 1.807) is 0 Å². The van der Waals surface area contributed by atoms with Gasteiger partial charge in [-0.15, -0.1) is 0 Å². The van der Waals surface area contributed by atoms with Gasteiger partial charge in [0.2, 0.25) is 0 Å². The number of halogens is 1. The second kappa shape index (κ2) is 5.09. The zero-order valence-corrected chi connectivity index (χ0v) is 12.3. The minimum absolute atomic E-state index is 0.0561. The van der Waals surface area contributed by atoms with Crippen molar-refractivity contribution in [3.8, 4) is 0 Å². The Balaban J connectivity index is 2.24. The molecule has 0 radical (unpaired) electrons. The van der Waals surface area contributed by atoms with Crippen molar-refractivity contribution in [2.24, 2.45) is 0 Å². The summed E-state index contributed by atoms with van der Waals surface area (Å²) < 4.78 is 7.40. The van der Waals surface area contributed by atoms with Crippen molar-refractivity contribution in [3.63, 3.8) is 0 Å². The van der Waals surface area contributed by atoms with Gasteiger partial charge in [-0.2, -0.15) is 0 Å². The molecule has 1 aliphatic rings. The van der Waals surface area contributed by atoms with E-state index in [1.165, 1.54) is 5.56 Å². The molecule has 1 aliphatic heterocycles. The number of nitrogens with one attached hydrogen (secondary N) is 1. The Morgan fingerprint density at radius 3 is 2.94 bits per heavy atom. The smallest absolute Gasteiger partial charge is 0.0983 e. The van der Waals surface area contributed by atoms with E-state index in [9.17, 15) is 0 Å². The molecule has 1 N–H and O–H groups in total. The van der Waals surface area contributed by atoms with E-state index in [4.69, 9.17) is 4.74 Å². The first kappa shape index (κ1) is 13.1. The van der Waals surface area contributed by atoms with Crippen molar-refractivity contribution in [1.82, 2.24) is 5.32 Å². The lowest BCUT2D eigenvalue weighted by atomic mass is 9.95. The third-order valence-corrected chi connectivity index (χ3v) is 4.08. The zero-order valence-electron chi connectivity index (χ0n) is 10.7. The largest absolute Gasteiger partial charge is 0.364 e. The van der Waals surface area contributed by atoms with Gasteiger partial charge in [0.1, 0.15) is 0 Å². The molecular weight excluding hydrogens is 278 g/mol. The molecular formula is C14H20BrNO. The van der Waals surface area contributed by atoms with Crippen molar-refractivity contribution in [3.05, 3.63) is 34.3 Å². The van der Waals surface area contributed by atoms with Gasteiger partial charge < -0.3 is 10.1 Å². The molecule has 1 aromatic rings. The predicted octanol–water partition coefficient (Wildman–Crippen LogP) is 3.67. The summed E-state index contributed by atoms with van der Waals surface area (Å²) >= 11 is 3.52. The maximum Gasteiger partial charge on any atom is 0.0983 e. The lowest BCUT2D eigenvalue weighted by molar-refractivity contribution is -0.126. The van der Waals surface area contributed by atoms with Crippen LogP contribution < -0.4 is 5.32 Å². The molecule has 1 heterocycles. The highest BCUT2D eigenvalue weighted by atomic mass is 79.9. The Labute approximate surface area is 112 Å². The number of hydrogen-bond acceptors (Lipinski definition) is 2. The Kier molecular flexibility index (Phi) is 3.91. The van der Waals surface area contributed by atoms with Crippen LogP contribution in [0, 0.1) is 0 Å². The van der Waals surface area contributed by atoms with Gasteiger partial charge in [-0.05, 0) is 38.0 Å². The van der Waals surface area contributed by atoms with Gasteiger partial charge in [-0.3, -0.25) is 0 Å². The molecule has 1 saturated heterocycles. The fourth-order valence-corrected chi connectivity index (χ4v) is 2.60. The van der Waals surface area contributed by atoms with Crippen molar-refractivity contribution >= 4 is 15.9 Å². The number of benzene rings is 1. The molecule has 17 heavy (non-hydrogen) atoms. The average Bonchev–Trinajstić information content (AvgIpc) is 2.33. The molecule has 94 valence electrons. The van der Waals surface area contributed by atoms with Gasteiger partial charge in [0, 0.05) is 17.1 Å². The standard InChI is InChI=1S/C14H20BrNO/c1-4-14(3)9-16-10(2)13(17-14)11-6-5-7-12(15)8-11/h5-8,10,13,16H,4,9H2,1-3H3. The molecule has 0 spiro atoms. The molecule has 3 heteroatoms. The van der Waals surface area contributed by atoms with Crippen molar-refractivity contribution in [1.29, 1.82) is 0 Å². The van der Waals surface area contributed by atoms with Crippen LogP contribution in [0.15, 0.2) is 28.7 Å². The summed E-state index contributed by atoms with van der Waals surface area (Å²) in [6.45, 7) is 7.46. The van der Waals surface area contributed by atoms with E-state index in [-0.39, 0.29) is 11.7 Å². The normalized spacial score (nSPS) is 33.6. The third-order valence-electron chi connectivity index (χ3n) is 3.59. The van der Waals surface area contributed by atoms with Gasteiger partial charge in [-0.1, -0.05) is 35.0 Å². The number of morpholine rings is 1. The lowest BCUT2D eigenvalue weighted by Gasteiger charge is -2.42. The number of hydrogen-bond donors (Lipinski definition) is 1. The second-order valence-corrected chi connectivity index (χ2v) is 5.98. The summed E-state index contributed by atoms with van der Waals surface area (Å²) in [5.41, 5.74) is 1.18. The van der Waals surface area contributed by atoms with Crippen molar-refractivity contribution in [2.75, 3.05) is 6.54 Å². The molecule has 3 unspecified atom stereocenters. The van der Waals surface area contributed by atoms with Crippen molar-refractivity contribution < 1.29 is 4.74 Å². The van der Waals surface area contributed by atoms with Crippen LogP contribution >= 0.6 is 15.9 Å². The SMILES string of the molecule is CCC1(C)CNC(C)C(c2cccc(Br)c2)O1. The van der Waals surface area contributed by atoms with Crippen molar-refractivity contribution in [2.45, 2.75) is 44.9 Å². The van der Waals surface area contributed by atoms with Crippen LogP contribution in [0.3, 0.4) is 0 Å². The lowest BCUT2D eigenvalue weighted by Crippen LogP contribution is -2.52. The fourth-order valence-electron chi connectivity index (χ4n) is 2.18. The minimum Gasteiger partial charge on any atom is -0.364 e. The Morgan fingerprint density at radius 1 is 1.53 bits per heavy atom. The maximum atomic E-state index is 6.29. The molecule has 0 amide bonds. The van der Waals surface area contributed by atoms with Crippen LogP contribution in [0.25, 0.3) is 0 Å². The zero-order chi connectivity index (χ0) is 12.5. The van der Waals surface area contributed by atoms with E-state index in [0.717, 1.165) is 17.4 Å². The molecule has 2 nitrogen and oxygen atoms in total. The summed E-state index contributed by atoms with van der Waals surface area (Å²) in [6.07, 6.45) is 1.16. The van der Waals surface area contributed by atoms with Gasteiger partial charge in [0.05, 0.1) is 11.7 Å². The summed E-state index contributed by atoms with van der Waals surface area (Å²) in [6, 6.07) is 8.74. The molecule has 1 aromatic carbocycles. The average molecular weight is 298 g/mol. The fraction of sp³-hybridized carbons (Fsp3) is 0.571. The number of rotatable bonds is 2. The van der Waals surface area contributed by atoms with Gasteiger partial charge in [0.25, 0.3) is 0 Å². The summed E-state index contributed by atoms with van der Waals surface area (Å²) in [5, 5.41) is 3.55. The first-order chi connectivity index (χ1) is 8.04. The summed E-state index contributed by atoms with van der Waals surface area (Å²) in [5.74, 6) is 0. The van der Waals surface area contributed by atoms with Crippen LogP contribution in [-0.4, -0.2) is 18.2 Å². The van der Waals surface area contributed by atoms with Crippen LogP contribution in [0.5, 0.6) is 0 Å². The molecule has 2 rings (SSSR count). The quantitative estimate of drug-likeness (QED) is 0.899. The van der Waals surface area contributed by atoms with Crippen LogP contribution in [0.1, 0.15) is 38.9 Å². The highest BCUT2D eigenvalue weighted by Gasteiger charge is 2.35. The van der Waals surface area contributed by atoms with E-state index in [2.05, 4.69) is 60.2 Å². The molecule has 0 aromatic heterocycles. The first-order valence-corrected chi connectivity index (χ1v) is 7.00. The Bertz CT molecular complexity index is 396. The van der Waals surface area contributed by atoms with Gasteiger partial charge in [0.15, 0.2) is 0 Å². The van der Waals surface area contributed by atoms with E-state index in [1.807, 2.05) is 6.07 Å². The Morgan fingerprint density at radius 2 is 2.29 bits per heavy atom. The molecule has 1 fully saturated rings. The summed E-state index contributed by atoms with van der Waals surface area (Å²) in [4.78, 5) is 0. The van der Waals surface area contributed by atoms with Crippen LogP contribution in [-0.2, 0) is 4.74 Å². The Hall–Kier alpha value is -0.380. The van der Waals surface area contributed by atoms with E-state index in [0.29, 0.717) is 6.04 Å². The molecule has 0 aliphatic carbocycles. The minimum atomic E-state index is -0.0561. The monoisotopic (exact) mass is 297 g/mol. The first-order valence-electron chi connectivity index (χ1n) is 6.21. The highest BCUT2D eigenvalue weighted by molar-refractivity contribution is 9.10. The topological polar surface area (TPSA) is 21.3 Å². The number of ether oxygens (including phenoxy) is 1. The maximum absolute atomic E-state index is 6.29. The highest BCUT2D eigenvalue weighted by Crippen LogP contribution is 2.33. The molecule has 0 bridgehead atoms. The second-order valence-electron chi connectivity index (χ2n) is 5.07. The summed E-state index contributed by atoms with van der Waals surface area (Å²) in [7, 11) is 0. The van der Waals surface area contributed by atoms with Gasteiger partial charge >= 0.3 is 0 Å². The van der Waals surface area contributed by atoms with E-state index < -0.39 is 0 Å². The van der Waals surface area contributed by atoms with Gasteiger partial charge in [-0.25, -0.2) is 0 Å². The van der Waals surface area contributed by atoms with Crippen LogP contribution in [0.2, 0.25) is 0 Å². The third kappa shape index (κ3) is 2.90. The molecule has 3 atom stereocenters. The van der Waals surface area contributed by atoms with Crippen LogP contribution in [0.4, 0.5) is 0 Å². The molecule has 0 saturated carbocycles. The predicted molar refractivity (Wildman–Crippen MR) is 74.1 cm³/mol.